The lowest BCUT2D eigenvalue weighted by Crippen LogP contribution is -2.52. The van der Waals surface area contributed by atoms with Crippen molar-refractivity contribution in [1.29, 1.82) is 5.26 Å². The topological polar surface area (TPSA) is 91.7 Å². The largest absolute Gasteiger partial charge is 0.496 e. The van der Waals surface area contributed by atoms with E-state index in [2.05, 4.69) is 11.4 Å². The zero-order valence-corrected chi connectivity index (χ0v) is 26.0. The van der Waals surface area contributed by atoms with Crippen molar-refractivity contribution in [3.8, 4) is 11.8 Å². The molecule has 11 heteroatoms. The van der Waals surface area contributed by atoms with Crippen molar-refractivity contribution in [3.05, 3.63) is 81.4 Å². The molecule has 1 heterocycles. The molecule has 2 aliphatic rings. The van der Waals surface area contributed by atoms with Crippen LogP contribution in [-0.4, -0.2) is 43.7 Å². The van der Waals surface area contributed by atoms with Crippen molar-refractivity contribution in [2.24, 2.45) is 17.3 Å². The molecule has 7 nitrogen and oxygen atoms in total. The third-order valence-corrected chi connectivity index (χ3v) is 8.53. The van der Waals surface area contributed by atoms with Crippen LogP contribution >= 0.6 is 23.2 Å². The number of ether oxygens (including phenoxy) is 2. The van der Waals surface area contributed by atoms with Gasteiger partial charge in [-0.05, 0) is 48.6 Å². The summed E-state index contributed by atoms with van der Waals surface area (Å²) in [5.41, 5.74) is -1.51. The molecule has 1 fully saturated rings. The summed E-state index contributed by atoms with van der Waals surface area (Å²) in [6, 6.07) is 9.05. The molecule has 0 radical (unpaired) electrons. The molecule has 2 aromatic carbocycles. The predicted octanol–water partition coefficient (Wildman–Crippen LogP) is 8.00. The maximum absolute atomic E-state index is 15.9. The van der Waals surface area contributed by atoms with Crippen LogP contribution in [0.4, 0.5) is 19.3 Å². The Morgan fingerprint density at radius 1 is 1.16 bits per heavy atom. The Morgan fingerprint density at radius 2 is 1.88 bits per heavy atom. The molecule has 4 rings (SSSR count). The van der Waals surface area contributed by atoms with Gasteiger partial charge >= 0.3 is 12.0 Å². The number of urea groups is 1. The van der Waals surface area contributed by atoms with Crippen LogP contribution in [0.1, 0.15) is 49.5 Å². The van der Waals surface area contributed by atoms with E-state index in [9.17, 15) is 14.9 Å². The Labute approximate surface area is 260 Å². The molecule has 1 aliphatic heterocycles. The molecule has 0 spiro atoms. The molecule has 1 N–H and O–H groups in total. The first-order valence-electron chi connectivity index (χ1n) is 13.7. The minimum atomic E-state index is -1.66. The van der Waals surface area contributed by atoms with Gasteiger partial charge in [0.25, 0.3) is 0 Å². The van der Waals surface area contributed by atoms with Gasteiger partial charge in [0.15, 0.2) is 0 Å². The summed E-state index contributed by atoms with van der Waals surface area (Å²) < 4.78 is 41.8. The number of methoxy groups -OCH3 is 2. The Morgan fingerprint density at radius 3 is 2.49 bits per heavy atom. The number of hydrogen-bond acceptors (Lipinski definition) is 5. The summed E-state index contributed by atoms with van der Waals surface area (Å²) in [7, 11) is 2.61. The summed E-state index contributed by atoms with van der Waals surface area (Å²) in [5, 5.41) is 13.8. The summed E-state index contributed by atoms with van der Waals surface area (Å²) in [5.74, 6) is -3.46. The maximum Gasteiger partial charge on any atom is 0.341 e. The van der Waals surface area contributed by atoms with E-state index in [4.69, 9.17) is 32.7 Å². The lowest BCUT2D eigenvalue weighted by Gasteiger charge is -2.41. The number of nitrogens with zero attached hydrogens (tertiary/aromatic N) is 2. The van der Waals surface area contributed by atoms with Gasteiger partial charge in [-0.25, -0.2) is 18.4 Å². The van der Waals surface area contributed by atoms with Crippen molar-refractivity contribution in [2.45, 2.75) is 45.1 Å². The van der Waals surface area contributed by atoms with E-state index in [0.29, 0.717) is 6.42 Å². The lowest BCUT2D eigenvalue weighted by atomic mass is 9.62. The SMILES string of the molecule is COC(=O)c1ccc(NC(=O)N2C[C@@H](CC(C)(C)C)[C@](C#N)(c3ccc(Cl)cc3F)[C@H]2C2CC=CC(Cl)=C2F)cc1OC. The average Bonchev–Trinajstić information content (AvgIpc) is 3.26. The van der Waals surface area contributed by atoms with Crippen molar-refractivity contribution >= 4 is 40.9 Å². The maximum atomic E-state index is 15.9. The van der Waals surface area contributed by atoms with Gasteiger partial charge < -0.3 is 19.7 Å². The minimum Gasteiger partial charge on any atom is -0.496 e. The average molecular weight is 633 g/mol. The fourth-order valence-corrected chi connectivity index (χ4v) is 6.69. The van der Waals surface area contributed by atoms with Gasteiger partial charge in [0.1, 0.15) is 28.4 Å². The number of nitrogens with one attached hydrogen (secondary N) is 1. The monoisotopic (exact) mass is 631 g/mol. The van der Waals surface area contributed by atoms with Gasteiger partial charge in [0, 0.05) is 40.7 Å². The van der Waals surface area contributed by atoms with Crippen LogP contribution in [-0.2, 0) is 10.2 Å². The number of allylic oxidation sites excluding steroid dienone is 3. The van der Waals surface area contributed by atoms with Crippen LogP contribution in [0.25, 0.3) is 0 Å². The van der Waals surface area contributed by atoms with E-state index >= 15 is 8.78 Å². The highest BCUT2D eigenvalue weighted by molar-refractivity contribution is 6.31. The molecule has 2 amide bonds. The minimum absolute atomic E-state index is 0.0336. The standard InChI is InChI=1S/C32H33Cl2F2N3O4/c1-31(2,3)15-18-16-39(30(41)38-20-10-11-21(29(40)43-5)26(14-20)42-4)28(22-7-6-8-24(34)27(22)36)32(18,17-37)23-12-9-19(33)13-25(23)35/h6,8-14,18,22,28H,7,15-16H2,1-5H3,(H,38,41)/t18-,22?,28-,32-/m1/s1. The number of esters is 1. The zero-order chi connectivity index (χ0) is 31.7. The van der Waals surface area contributed by atoms with E-state index < -0.39 is 46.9 Å². The number of hydrogen-bond donors (Lipinski definition) is 1. The number of benzene rings is 2. The highest BCUT2D eigenvalue weighted by Crippen LogP contribution is 2.54. The smallest absolute Gasteiger partial charge is 0.341 e. The second-order valence-electron chi connectivity index (χ2n) is 11.9. The van der Waals surface area contributed by atoms with Crippen molar-refractivity contribution < 1.29 is 27.8 Å². The lowest BCUT2D eigenvalue weighted by molar-refractivity contribution is 0.0597. The molecule has 2 aromatic rings. The number of rotatable bonds is 6. The van der Waals surface area contributed by atoms with E-state index in [0.717, 1.165) is 6.07 Å². The number of carbonyl (C=O) groups excluding carboxylic acids is 2. The second-order valence-corrected chi connectivity index (χ2v) is 12.8. The number of halogens is 4. The predicted molar refractivity (Wildman–Crippen MR) is 161 cm³/mol. The first-order valence-corrected chi connectivity index (χ1v) is 14.5. The van der Waals surface area contributed by atoms with Crippen molar-refractivity contribution in [1.82, 2.24) is 4.90 Å². The summed E-state index contributed by atoms with van der Waals surface area (Å²) >= 11 is 12.3. The van der Waals surface area contributed by atoms with E-state index in [1.165, 1.54) is 55.5 Å². The van der Waals surface area contributed by atoms with Crippen LogP contribution in [0.15, 0.2) is 59.4 Å². The number of amides is 2. The molecule has 0 bridgehead atoms. The van der Waals surface area contributed by atoms with Crippen LogP contribution in [0, 0.1) is 34.4 Å². The Bertz CT molecular complexity index is 1530. The Hall–Kier alpha value is -3.61. The van der Waals surface area contributed by atoms with Crippen LogP contribution in [0.5, 0.6) is 5.75 Å². The normalized spacial score (nSPS) is 23.6. The number of anilines is 1. The summed E-state index contributed by atoms with van der Waals surface area (Å²) in [4.78, 5) is 27.6. The highest BCUT2D eigenvalue weighted by atomic mass is 35.5. The van der Waals surface area contributed by atoms with Crippen molar-refractivity contribution in [2.75, 3.05) is 26.1 Å². The molecule has 0 aromatic heterocycles. The van der Waals surface area contributed by atoms with Gasteiger partial charge in [0.2, 0.25) is 0 Å². The molecular weight excluding hydrogens is 599 g/mol. The quantitative estimate of drug-likeness (QED) is 0.326. The summed E-state index contributed by atoms with van der Waals surface area (Å²) in [6.45, 7) is 5.99. The van der Waals surface area contributed by atoms with Gasteiger partial charge in [-0.1, -0.05) is 56.1 Å². The first kappa shape index (κ1) is 32.3. The number of carbonyl (C=O) groups is 2. The molecule has 1 aliphatic carbocycles. The third-order valence-electron chi connectivity index (χ3n) is 7.99. The van der Waals surface area contributed by atoms with Gasteiger partial charge in [0.05, 0.1) is 31.4 Å². The molecule has 1 unspecified atom stereocenters. The third kappa shape index (κ3) is 6.22. The number of nitriles is 1. The van der Waals surface area contributed by atoms with Crippen LogP contribution in [0.3, 0.4) is 0 Å². The van der Waals surface area contributed by atoms with Gasteiger partial charge in [-0.2, -0.15) is 5.26 Å². The zero-order valence-electron chi connectivity index (χ0n) is 24.5. The molecule has 0 saturated carbocycles. The molecular formula is C32H33Cl2F2N3O4. The summed E-state index contributed by atoms with van der Waals surface area (Å²) in [6.07, 6.45) is 3.68. The fourth-order valence-electron chi connectivity index (χ4n) is 6.30. The molecule has 1 saturated heterocycles. The molecule has 43 heavy (non-hydrogen) atoms. The van der Waals surface area contributed by atoms with Crippen LogP contribution in [0.2, 0.25) is 5.02 Å². The van der Waals surface area contributed by atoms with E-state index in [1.54, 1.807) is 6.08 Å². The van der Waals surface area contributed by atoms with Crippen LogP contribution < -0.4 is 10.1 Å². The van der Waals surface area contributed by atoms with Crippen molar-refractivity contribution in [3.63, 3.8) is 0 Å². The molecule has 4 atom stereocenters. The van der Waals surface area contributed by atoms with Gasteiger partial charge in [-0.15, -0.1) is 0 Å². The Kier molecular flexibility index (Phi) is 9.43. The van der Waals surface area contributed by atoms with E-state index in [1.807, 2.05) is 20.8 Å². The Balaban J connectivity index is 1.88. The first-order chi connectivity index (χ1) is 20.3. The van der Waals surface area contributed by atoms with E-state index in [-0.39, 0.29) is 51.0 Å². The number of likely N-dealkylation sites (tertiary alicyclic amines) is 1. The van der Waals surface area contributed by atoms with Gasteiger partial charge in [-0.3, -0.25) is 0 Å². The fraction of sp³-hybridized carbons (Fsp3) is 0.406. The molecule has 228 valence electrons. The second kappa shape index (κ2) is 12.6. The highest BCUT2D eigenvalue weighted by Gasteiger charge is 2.61.